The molecule has 39 heavy (non-hydrogen) atoms. The summed E-state index contributed by atoms with van der Waals surface area (Å²) in [5.74, 6) is 1.13. The van der Waals surface area contributed by atoms with E-state index in [0.29, 0.717) is 48.2 Å². The van der Waals surface area contributed by atoms with E-state index in [9.17, 15) is 14.3 Å². The molecule has 4 rings (SSSR count). The van der Waals surface area contributed by atoms with E-state index in [1.807, 2.05) is 37.3 Å². The Morgan fingerprint density at radius 2 is 1.79 bits per heavy atom. The molecule has 0 bridgehead atoms. The number of para-hydroxylation sites is 2. The summed E-state index contributed by atoms with van der Waals surface area (Å²) < 4.78 is 36.7. The molecule has 0 aliphatic carbocycles. The highest BCUT2D eigenvalue weighted by atomic mass is 19.1. The Morgan fingerprint density at radius 1 is 1.05 bits per heavy atom. The van der Waals surface area contributed by atoms with Gasteiger partial charge < -0.3 is 23.7 Å². The summed E-state index contributed by atoms with van der Waals surface area (Å²) in [7, 11) is 1.49. The lowest BCUT2D eigenvalue weighted by Gasteiger charge is -2.16. The third kappa shape index (κ3) is 7.47. The fourth-order valence-electron chi connectivity index (χ4n) is 3.96. The lowest BCUT2D eigenvalue weighted by Crippen LogP contribution is -2.26. The maximum absolute atomic E-state index is 14.0. The summed E-state index contributed by atoms with van der Waals surface area (Å²) in [5, 5.41) is 9.60. The number of hydrogen-bond donors (Lipinski definition) is 1. The highest BCUT2D eigenvalue weighted by molar-refractivity contribution is 5.73. The molecule has 202 valence electrons. The summed E-state index contributed by atoms with van der Waals surface area (Å²) in [6.07, 6.45) is 3.54. The van der Waals surface area contributed by atoms with Gasteiger partial charge in [-0.2, -0.15) is 0 Å². The normalized spacial score (nSPS) is 11.9. The van der Waals surface area contributed by atoms with Crippen molar-refractivity contribution in [1.29, 1.82) is 0 Å². The van der Waals surface area contributed by atoms with Crippen LogP contribution in [0.4, 0.5) is 4.39 Å². The van der Waals surface area contributed by atoms with Crippen LogP contribution in [-0.2, 0) is 11.2 Å². The van der Waals surface area contributed by atoms with Crippen molar-refractivity contribution in [2.45, 2.75) is 32.3 Å². The number of nitrogens with zero attached hydrogens (tertiary/aromatic N) is 1. The summed E-state index contributed by atoms with van der Waals surface area (Å²) in [4.78, 5) is 16.3. The second-order valence-corrected chi connectivity index (χ2v) is 8.74. The number of halogens is 1. The van der Waals surface area contributed by atoms with Crippen molar-refractivity contribution in [1.82, 2.24) is 4.98 Å². The van der Waals surface area contributed by atoms with E-state index in [-0.39, 0.29) is 6.42 Å². The molecule has 1 atom stereocenters. The molecule has 0 aliphatic rings. The van der Waals surface area contributed by atoms with E-state index in [2.05, 4.69) is 4.98 Å². The van der Waals surface area contributed by atoms with Crippen molar-refractivity contribution in [2.75, 3.05) is 13.7 Å². The third-order valence-corrected chi connectivity index (χ3v) is 5.99. The largest absolute Gasteiger partial charge is 0.493 e. The minimum atomic E-state index is -1.08. The summed E-state index contributed by atoms with van der Waals surface area (Å²) in [6.45, 7) is 2.19. The molecule has 0 amide bonds. The predicted octanol–water partition coefficient (Wildman–Crippen LogP) is 6.74. The molecule has 0 fully saturated rings. The van der Waals surface area contributed by atoms with Crippen molar-refractivity contribution >= 4 is 12.0 Å². The van der Waals surface area contributed by atoms with Gasteiger partial charge in [0.2, 0.25) is 5.89 Å². The van der Waals surface area contributed by atoms with Crippen LogP contribution in [0.5, 0.6) is 17.2 Å². The number of aromatic nitrogens is 1. The number of oxazole rings is 1. The molecular weight excluding hydrogens is 501 g/mol. The fourth-order valence-corrected chi connectivity index (χ4v) is 3.96. The number of ether oxygens (including phenoxy) is 3. The molecule has 7 nitrogen and oxygen atoms in total. The number of hydrogen-bond acceptors (Lipinski definition) is 6. The first-order chi connectivity index (χ1) is 18.9. The van der Waals surface area contributed by atoms with Gasteiger partial charge in [-0.05, 0) is 62.2 Å². The van der Waals surface area contributed by atoms with Crippen LogP contribution in [0, 0.1) is 12.7 Å². The van der Waals surface area contributed by atoms with Gasteiger partial charge in [0.15, 0.2) is 17.6 Å². The SMILES string of the molecule is COc1ccccc1OC(CCC=Cc1cc(F)ccc1OCCc1nc(-c2ccccc2)oc1C)C(=O)O. The number of aryl methyl sites for hydroxylation is 1. The molecule has 0 spiro atoms. The van der Waals surface area contributed by atoms with Crippen LogP contribution in [0.25, 0.3) is 17.5 Å². The van der Waals surface area contributed by atoms with E-state index < -0.39 is 17.9 Å². The van der Waals surface area contributed by atoms with Crippen LogP contribution in [0.15, 0.2) is 83.3 Å². The van der Waals surface area contributed by atoms with Crippen molar-refractivity contribution in [3.63, 3.8) is 0 Å². The number of carboxylic acids is 1. The zero-order valence-corrected chi connectivity index (χ0v) is 21.8. The fraction of sp³-hybridized carbons (Fsp3) is 0.226. The van der Waals surface area contributed by atoms with Gasteiger partial charge >= 0.3 is 5.97 Å². The highest BCUT2D eigenvalue weighted by Crippen LogP contribution is 2.28. The number of carboxylic acid groups (broad SMARTS) is 1. The smallest absolute Gasteiger partial charge is 0.344 e. The molecule has 1 N–H and O–H groups in total. The van der Waals surface area contributed by atoms with E-state index in [1.54, 1.807) is 42.5 Å². The lowest BCUT2D eigenvalue weighted by molar-refractivity contribution is -0.145. The number of allylic oxidation sites excluding steroid dienone is 1. The van der Waals surface area contributed by atoms with Crippen molar-refractivity contribution in [3.8, 4) is 28.7 Å². The van der Waals surface area contributed by atoms with Crippen LogP contribution >= 0.6 is 0 Å². The molecule has 1 heterocycles. The van der Waals surface area contributed by atoms with Crippen LogP contribution in [0.1, 0.15) is 29.9 Å². The second-order valence-electron chi connectivity index (χ2n) is 8.74. The molecule has 0 saturated carbocycles. The zero-order chi connectivity index (χ0) is 27.6. The zero-order valence-electron chi connectivity index (χ0n) is 21.8. The highest BCUT2D eigenvalue weighted by Gasteiger charge is 2.20. The molecule has 4 aromatic rings. The maximum Gasteiger partial charge on any atom is 0.344 e. The second kappa shape index (κ2) is 13.3. The Kier molecular flexibility index (Phi) is 9.34. The molecule has 1 aromatic heterocycles. The predicted molar refractivity (Wildman–Crippen MR) is 146 cm³/mol. The Bertz CT molecular complexity index is 1420. The lowest BCUT2D eigenvalue weighted by atomic mass is 10.1. The molecule has 0 saturated heterocycles. The van der Waals surface area contributed by atoms with E-state index in [4.69, 9.17) is 18.6 Å². The van der Waals surface area contributed by atoms with Gasteiger partial charge in [-0.25, -0.2) is 14.2 Å². The number of benzene rings is 3. The van der Waals surface area contributed by atoms with Crippen molar-refractivity contribution in [2.24, 2.45) is 0 Å². The summed E-state index contributed by atoms with van der Waals surface area (Å²) in [5.41, 5.74) is 2.24. The van der Waals surface area contributed by atoms with Gasteiger partial charge in [0, 0.05) is 17.5 Å². The molecular formula is C31H30FNO6. The van der Waals surface area contributed by atoms with Gasteiger partial charge in [-0.1, -0.05) is 42.5 Å². The monoisotopic (exact) mass is 531 g/mol. The number of aliphatic carboxylic acids is 1. The first-order valence-corrected chi connectivity index (χ1v) is 12.6. The van der Waals surface area contributed by atoms with Crippen LogP contribution in [0.3, 0.4) is 0 Å². The first kappa shape index (κ1) is 27.4. The Labute approximate surface area is 226 Å². The molecule has 8 heteroatoms. The molecule has 3 aromatic carbocycles. The average Bonchev–Trinajstić information content (AvgIpc) is 3.32. The van der Waals surface area contributed by atoms with Gasteiger partial charge in [0.1, 0.15) is 17.3 Å². The van der Waals surface area contributed by atoms with Crippen molar-refractivity contribution < 1.29 is 32.9 Å². The van der Waals surface area contributed by atoms with Crippen LogP contribution < -0.4 is 14.2 Å². The minimum Gasteiger partial charge on any atom is -0.493 e. The maximum atomic E-state index is 14.0. The first-order valence-electron chi connectivity index (χ1n) is 12.6. The minimum absolute atomic E-state index is 0.213. The average molecular weight is 532 g/mol. The summed E-state index contributed by atoms with van der Waals surface area (Å²) in [6, 6.07) is 20.8. The van der Waals surface area contributed by atoms with Gasteiger partial charge in [0.25, 0.3) is 0 Å². The summed E-state index contributed by atoms with van der Waals surface area (Å²) >= 11 is 0. The molecule has 0 radical (unpaired) electrons. The van der Waals surface area contributed by atoms with E-state index in [0.717, 1.165) is 17.0 Å². The van der Waals surface area contributed by atoms with Gasteiger partial charge in [0.05, 0.1) is 19.4 Å². The quantitative estimate of drug-likeness (QED) is 0.204. The number of methoxy groups -OCH3 is 1. The van der Waals surface area contributed by atoms with Crippen molar-refractivity contribution in [3.05, 3.63) is 102 Å². The Balaban J connectivity index is 1.35. The third-order valence-electron chi connectivity index (χ3n) is 5.99. The van der Waals surface area contributed by atoms with E-state index >= 15 is 0 Å². The number of rotatable bonds is 13. The van der Waals surface area contributed by atoms with Gasteiger partial charge in [-0.3, -0.25) is 0 Å². The van der Waals surface area contributed by atoms with E-state index in [1.165, 1.54) is 19.2 Å². The standard InChI is InChI=1S/C31H30FNO6/c1-21-25(33-30(38-21)22-10-4-3-5-11-22)18-19-37-26-17-16-24(32)20-23(26)12-6-7-15-29(31(34)35)39-28-14-9-8-13-27(28)36-2/h3-6,8-14,16-17,20,29H,7,15,18-19H2,1-2H3,(H,34,35). The molecule has 0 aliphatic heterocycles. The topological polar surface area (TPSA) is 91.0 Å². The number of carbonyl (C=O) groups is 1. The van der Waals surface area contributed by atoms with Gasteiger partial charge in [-0.15, -0.1) is 0 Å². The van der Waals surface area contributed by atoms with Crippen LogP contribution in [-0.4, -0.2) is 35.9 Å². The Hall–Kier alpha value is -4.59. The van der Waals surface area contributed by atoms with Crippen LogP contribution in [0.2, 0.25) is 0 Å². The Morgan fingerprint density at radius 3 is 2.54 bits per heavy atom. The molecule has 1 unspecified atom stereocenters.